The molecule has 3 aromatic rings. The van der Waals surface area contributed by atoms with Crippen molar-refractivity contribution in [1.82, 2.24) is 19.5 Å². The predicted molar refractivity (Wildman–Crippen MR) is 193 cm³/mol. The van der Waals surface area contributed by atoms with E-state index in [0.29, 0.717) is 22.5 Å². The molecule has 0 radical (unpaired) electrons. The Balaban J connectivity index is 1.55. The maximum absolute atomic E-state index is 14.1. The molecular weight excluding hydrogens is 686 g/mol. The molecule has 262 valence electrons. The van der Waals surface area contributed by atoms with Crippen LogP contribution in [0.2, 0.25) is 27.3 Å². The van der Waals surface area contributed by atoms with Crippen molar-refractivity contribution in [3.63, 3.8) is 0 Å². The minimum Gasteiger partial charge on any atom is -0.497 e. The average Bonchev–Trinajstić information content (AvgIpc) is 3.70. The van der Waals surface area contributed by atoms with Gasteiger partial charge in [-0.1, -0.05) is 67.0 Å². The van der Waals surface area contributed by atoms with Gasteiger partial charge in [0.25, 0.3) is 0 Å². The first-order valence-electron chi connectivity index (χ1n) is 16.9. The summed E-state index contributed by atoms with van der Waals surface area (Å²) < 4.78 is 36.2. The molecule has 11 nitrogen and oxygen atoms in total. The van der Waals surface area contributed by atoms with Gasteiger partial charge in [-0.05, 0) is 65.7 Å². The van der Waals surface area contributed by atoms with E-state index in [0.717, 1.165) is 19.3 Å². The highest BCUT2D eigenvalue weighted by atomic mass is 35.5. The summed E-state index contributed by atoms with van der Waals surface area (Å²) in [5, 5.41) is -0.297. The zero-order valence-corrected chi connectivity index (χ0v) is 32.8. The third kappa shape index (κ3) is 5.68. The molecule has 1 aromatic carbocycles. The zero-order valence-electron chi connectivity index (χ0n) is 29.2. The van der Waals surface area contributed by atoms with Gasteiger partial charge >= 0.3 is 23.1 Å². The minimum atomic E-state index is -3.08. The predicted octanol–water partition coefficient (Wildman–Crippen LogP) is 7.79. The number of anilines is 1. The second-order valence-electron chi connectivity index (χ2n) is 14.5. The van der Waals surface area contributed by atoms with Crippen molar-refractivity contribution in [1.29, 1.82) is 0 Å². The lowest BCUT2D eigenvalue weighted by atomic mass is 9.93. The molecule has 3 fully saturated rings. The van der Waals surface area contributed by atoms with E-state index >= 15 is 0 Å². The number of thioether (sulfide) groups is 1. The lowest BCUT2D eigenvalue weighted by Crippen LogP contribution is -2.69. The van der Waals surface area contributed by atoms with E-state index in [1.807, 2.05) is 4.57 Å². The standard InChI is InChI=1S/C33H48ClN5O6SSi2/c1-18(2)47(19(3)4)43-24-11-10-16-33(24)27(44-48(45-47,20(5)6)21(7)8)26(42-31(40)22-12-14-23(41-9)15-13-22)30(46-33)39-17-36-29-25(39)28(34)37-32(35)38-29/h12-15,17-21,24,26-27,30H,10-11,16H2,1-9H3,(H2,35,37,38)/t24-,26-,27+,30-,33?/m1/s1. The summed E-state index contributed by atoms with van der Waals surface area (Å²) in [6, 6.07) is 6.93. The Kier molecular flexibility index (Phi) is 9.76. The van der Waals surface area contributed by atoms with Crippen LogP contribution in [0.1, 0.15) is 90.4 Å². The molecule has 3 aliphatic rings. The summed E-state index contributed by atoms with van der Waals surface area (Å²) in [6.07, 6.45) is 2.89. The fourth-order valence-electron chi connectivity index (χ4n) is 7.97. The van der Waals surface area contributed by atoms with Gasteiger partial charge < -0.3 is 32.7 Å². The highest BCUT2D eigenvalue weighted by Crippen LogP contribution is 2.64. The number of hydrogen-bond acceptors (Lipinski definition) is 11. The van der Waals surface area contributed by atoms with E-state index in [-0.39, 0.29) is 39.4 Å². The van der Waals surface area contributed by atoms with Crippen LogP contribution in [0.25, 0.3) is 11.2 Å². The van der Waals surface area contributed by atoms with Crippen LogP contribution in [0.3, 0.4) is 0 Å². The number of halogens is 1. The molecule has 1 saturated carbocycles. The molecule has 2 aromatic heterocycles. The average molecular weight is 734 g/mol. The van der Waals surface area contributed by atoms with E-state index in [1.54, 1.807) is 49.5 Å². The van der Waals surface area contributed by atoms with E-state index in [9.17, 15) is 4.79 Å². The van der Waals surface area contributed by atoms with Crippen LogP contribution in [-0.4, -0.2) is 72.8 Å². The number of nitrogen functional groups attached to an aromatic ring is 1. The Morgan fingerprint density at radius 1 is 1.02 bits per heavy atom. The van der Waals surface area contributed by atoms with E-state index < -0.39 is 45.4 Å². The molecule has 2 N–H and O–H groups in total. The number of benzene rings is 1. The number of carbonyl (C=O) groups is 1. The van der Waals surface area contributed by atoms with Gasteiger partial charge in [0.15, 0.2) is 16.9 Å². The first kappa shape index (κ1) is 35.6. The van der Waals surface area contributed by atoms with Crippen LogP contribution in [0.5, 0.6) is 5.75 Å². The van der Waals surface area contributed by atoms with Crippen LogP contribution in [0.15, 0.2) is 30.6 Å². The van der Waals surface area contributed by atoms with Gasteiger partial charge in [0.1, 0.15) is 22.7 Å². The van der Waals surface area contributed by atoms with Crippen molar-refractivity contribution < 1.29 is 27.2 Å². The van der Waals surface area contributed by atoms with Gasteiger partial charge in [-0.15, -0.1) is 11.8 Å². The molecule has 48 heavy (non-hydrogen) atoms. The fourth-order valence-corrected chi connectivity index (χ4v) is 21.8. The second kappa shape index (κ2) is 13.2. The Bertz CT molecular complexity index is 1640. The van der Waals surface area contributed by atoms with Crippen LogP contribution in [0.4, 0.5) is 5.95 Å². The maximum atomic E-state index is 14.1. The van der Waals surface area contributed by atoms with Gasteiger partial charge in [0.05, 0.1) is 29.9 Å². The van der Waals surface area contributed by atoms with Crippen molar-refractivity contribution in [2.75, 3.05) is 12.8 Å². The number of fused-ring (bicyclic) bond motifs is 1. The summed E-state index contributed by atoms with van der Waals surface area (Å²) >= 11 is 8.47. The lowest BCUT2D eigenvalue weighted by Gasteiger charge is -2.55. The molecule has 15 heteroatoms. The summed E-state index contributed by atoms with van der Waals surface area (Å²) in [5.41, 5.74) is 7.85. The summed E-state index contributed by atoms with van der Waals surface area (Å²) in [6.45, 7) is 17.8. The SMILES string of the molecule is COc1ccc(C(=O)O[C@H]2[C@H](n3cnc4nc(N)nc(Cl)c43)SC34CCC[C@H]3O[Si](C(C)C)(C(C)C)O[Si](C(C)C)(C(C)C)O[C@@H]24)cc1. The van der Waals surface area contributed by atoms with Crippen LogP contribution in [-0.2, 0) is 17.7 Å². The molecule has 0 amide bonds. The second-order valence-corrected chi connectivity index (χ2v) is 25.1. The van der Waals surface area contributed by atoms with Gasteiger partial charge in [-0.2, -0.15) is 9.97 Å². The number of esters is 1. The number of ether oxygens (including phenoxy) is 2. The Labute approximate surface area is 294 Å². The Morgan fingerprint density at radius 3 is 2.25 bits per heavy atom. The number of methoxy groups -OCH3 is 1. The molecule has 1 aliphatic carbocycles. The normalized spacial score (nSPS) is 28.1. The first-order chi connectivity index (χ1) is 22.7. The largest absolute Gasteiger partial charge is 0.497 e. The van der Waals surface area contributed by atoms with Crippen LogP contribution >= 0.6 is 23.4 Å². The monoisotopic (exact) mass is 733 g/mol. The lowest BCUT2D eigenvalue weighted by molar-refractivity contribution is -0.0586. The van der Waals surface area contributed by atoms with Gasteiger partial charge in [-0.25, -0.2) is 9.78 Å². The van der Waals surface area contributed by atoms with E-state index in [1.165, 1.54) is 0 Å². The van der Waals surface area contributed by atoms with E-state index in [2.05, 4.69) is 70.3 Å². The molecule has 2 aliphatic heterocycles. The Hall–Kier alpha value is -2.21. The number of carbonyl (C=O) groups excluding carboxylic acids is 1. The maximum Gasteiger partial charge on any atom is 0.338 e. The third-order valence-electron chi connectivity index (χ3n) is 10.4. The van der Waals surface area contributed by atoms with Gasteiger partial charge in [-0.3, -0.25) is 0 Å². The number of nitrogens with zero attached hydrogens (tertiary/aromatic N) is 4. The molecule has 6 rings (SSSR count). The zero-order chi connectivity index (χ0) is 34.8. The molecule has 1 unspecified atom stereocenters. The van der Waals surface area contributed by atoms with Gasteiger partial charge in [0, 0.05) is 0 Å². The number of imidazole rings is 1. The van der Waals surface area contributed by atoms with Crippen LogP contribution < -0.4 is 10.5 Å². The van der Waals surface area contributed by atoms with Gasteiger partial charge in [0.2, 0.25) is 5.95 Å². The smallest absolute Gasteiger partial charge is 0.338 e. The molecule has 5 atom stereocenters. The first-order valence-corrected chi connectivity index (χ1v) is 22.1. The van der Waals surface area contributed by atoms with Crippen molar-refractivity contribution in [2.45, 2.75) is 125 Å². The van der Waals surface area contributed by atoms with Crippen molar-refractivity contribution in [2.24, 2.45) is 0 Å². The Morgan fingerprint density at radius 2 is 1.65 bits per heavy atom. The minimum absolute atomic E-state index is 0.0394. The molecule has 4 heterocycles. The number of nitrogens with two attached hydrogens (primary N) is 1. The number of hydrogen-bond donors (Lipinski definition) is 1. The van der Waals surface area contributed by atoms with Crippen molar-refractivity contribution in [3.05, 3.63) is 41.3 Å². The van der Waals surface area contributed by atoms with Crippen molar-refractivity contribution in [3.8, 4) is 5.75 Å². The highest BCUT2D eigenvalue weighted by molar-refractivity contribution is 8.01. The number of rotatable bonds is 8. The fraction of sp³-hybridized carbons (Fsp3) is 0.636. The molecule has 0 bridgehead atoms. The molecule has 1 spiro atoms. The number of aromatic nitrogens is 4. The third-order valence-corrected chi connectivity index (χ3v) is 22.8. The van der Waals surface area contributed by atoms with Crippen LogP contribution in [0, 0.1) is 0 Å². The highest BCUT2D eigenvalue weighted by Gasteiger charge is 2.70. The molecule has 2 saturated heterocycles. The summed E-state index contributed by atoms with van der Waals surface area (Å²) in [5.74, 6) is 0.230. The summed E-state index contributed by atoms with van der Waals surface area (Å²) in [7, 11) is -4.35. The van der Waals surface area contributed by atoms with E-state index in [4.69, 9.17) is 39.8 Å². The summed E-state index contributed by atoms with van der Waals surface area (Å²) in [4.78, 5) is 27.2. The molecular formula is C33H48ClN5O6SSi2. The quantitative estimate of drug-likeness (QED) is 0.138. The topological polar surface area (TPSA) is 133 Å². The van der Waals surface area contributed by atoms with Crippen molar-refractivity contribution >= 4 is 63.6 Å².